The van der Waals surface area contributed by atoms with Crippen molar-refractivity contribution in [3.05, 3.63) is 0 Å². The van der Waals surface area contributed by atoms with Crippen LogP contribution in [0.2, 0.25) is 0 Å². The van der Waals surface area contributed by atoms with E-state index in [1.807, 2.05) is 0 Å². The van der Waals surface area contributed by atoms with Gasteiger partial charge in [-0.15, -0.1) is 0 Å². The number of rotatable bonds is 3. The van der Waals surface area contributed by atoms with Crippen molar-refractivity contribution in [1.29, 1.82) is 0 Å². The van der Waals surface area contributed by atoms with Gasteiger partial charge in [0.1, 0.15) is 5.54 Å². The maximum absolute atomic E-state index is 11.3. The van der Waals surface area contributed by atoms with Gasteiger partial charge in [0.2, 0.25) is 0 Å². The Morgan fingerprint density at radius 3 is 2.79 bits per heavy atom. The Morgan fingerprint density at radius 2 is 2.36 bits per heavy atom. The van der Waals surface area contributed by atoms with Gasteiger partial charge in [-0.25, -0.2) is 0 Å². The van der Waals surface area contributed by atoms with Gasteiger partial charge in [0.15, 0.2) is 0 Å². The van der Waals surface area contributed by atoms with Crippen molar-refractivity contribution in [3.63, 3.8) is 0 Å². The highest BCUT2D eigenvalue weighted by atomic mass is 32.2. The lowest BCUT2D eigenvalue weighted by atomic mass is 9.95. The van der Waals surface area contributed by atoms with Crippen LogP contribution < -0.4 is 5.32 Å². The Hall–Kier alpha value is -0.220. The predicted octanol–water partition coefficient (Wildman–Crippen LogP) is 1.33. The molecule has 1 saturated carbocycles. The van der Waals surface area contributed by atoms with Gasteiger partial charge in [-0.3, -0.25) is 10.1 Å². The van der Waals surface area contributed by atoms with E-state index in [9.17, 15) is 9.90 Å². The molecule has 0 spiro atoms. The van der Waals surface area contributed by atoms with E-state index in [1.165, 1.54) is 0 Å². The summed E-state index contributed by atoms with van der Waals surface area (Å²) >= 11 is 1.76. The zero-order valence-electron chi connectivity index (χ0n) is 8.45. The third-order valence-electron chi connectivity index (χ3n) is 3.22. The summed E-state index contributed by atoms with van der Waals surface area (Å²) in [6.45, 7) is 2.17. The van der Waals surface area contributed by atoms with Crippen LogP contribution in [-0.2, 0) is 4.79 Å². The molecular formula is C10H17NO2S. The lowest BCUT2D eigenvalue weighted by molar-refractivity contribution is -0.144. The fourth-order valence-electron chi connectivity index (χ4n) is 2.02. The minimum atomic E-state index is -0.663. The SMILES string of the molecule is CC1CC1NC1(C(=O)O)CCCSC1. The van der Waals surface area contributed by atoms with E-state index < -0.39 is 11.5 Å². The lowest BCUT2D eigenvalue weighted by Crippen LogP contribution is -2.56. The molecule has 2 fully saturated rings. The molecule has 1 heterocycles. The third kappa shape index (κ3) is 1.91. The average molecular weight is 215 g/mol. The number of carboxylic acid groups (broad SMARTS) is 1. The zero-order valence-corrected chi connectivity index (χ0v) is 9.27. The summed E-state index contributed by atoms with van der Waals surface area (Å²) in [5.74, 6) is 1.84. The maximum atomic E-state index is 11.3. The Balaban J connectivity index is 2.01. The molecule has 2 rings (SSSR count). The second-order valence-corrected chi connectivity index (χ2v) is 5.61. The molecule has 14 heavy (non-hydrogen) atoms. The molecule has 0 amide bonds. The van der Waals surface area contributed by atoms with Crippen LogP contribution in [0.5, 0.6) is 0 Å². The number of hydrogen-bond acceptors (Lipinski definition) is 3. The molecule has 1 saturated heterocycles. The van der Waals surface area contributed by atoms with E-state index in [4.69, 9.17) is 0 Å². The molecule has 0 aromatic carbocycles. The van der Waals surface area contributed by atoms with E-state index in [0.717, 1.165) is 30.8 Å². The highest BCUT2D eigenvalue weighted by Crippen LogP contribution is 2.35. The number of nitrogens with one attached hydrogen (secondary N) is 1. The topological polar surface area (TPSA) is 49.3 Å². The zero-order chi connectivity index (χ0) is 10.2. The smallest absolute Gasteiger partial charge is 0.324 e. The van der Waals surface area contributed by atoms with E-state index in [1.54, 1.807) is 11.8 Å². The summed E-state index contributed by atoms with van der Waals surface area (Å²) in [6.07, 6.45) is 2.95. The molecule has 2 N–H and O–H groups in total. The molecule has 2 aliphatic rings. The Bertz CT molecular complexity index is 238. The van der Waals surface area contributed by atoms with Gasteiger partial charge in [-0.1, -0.05) is 6.92 Å². The second kappa shape index (κ2) is 3.74. The largest absolute Gasteiger partial charge is 0.480 e. The molecule has 3 unspecified atom stereocenters. The highest BCUT2D eigenvalue weighted by molar-refractivity contribution is 7.99. The molecule has 1 aliphatic heterocycles. The maximum Gasteiger partial charge on any atom is 0.324 e. The first-order valence-corrected chi connectivity index (χ1v) is 6.38. The first-order chi connectivity index (χ1) is 6.64. The average Bonchev–Trinajstić information content (AvgIpc) is 2.83. The minimum Gasteiger partial charge on any atom is -0.480 e. The van der Waals surface area contributed by atoms with Gasteiger partial charge in [0.25, 0.3) is 0 Å². The quantitative estimate of drug-likeness (QED) is 0.746. The van der Waals surface area contributed by atoms with Crippen LogP contribution in [0.25, 0.3) is 0 Å². The van der Waals surface area contributed by atoms with Gasteiger partial charge >= 0.3 is 5.97 Å². The normalized spacial score (nSPS) is 42.1. The van der Waals surface area contributed by atoms with Crippen molar-refractivity contribution >= 4 is 17.7 Å². The summed E-state index contributed by atoms with van der Waals surface area (Å²) in [5.41, 5.74) is -0.627. The van der Waals surface area contributed by atoms with E-state index in [0.29, 0.717) is 12.0 Å². The van der Waals surface area contributed by atoms with Crippen molar-refractivity contribution in [2.75, 3.05) is 11.5 Å². The van der Waals surface area contributed by atoms with Gasteiger partial charge in [0.05, 0.1) is 0 Å². The van der Waals surface area contributed by atoms with Crippen LogP contribution in [-0.4, -0.2) is 34.2 Å². The molecule has 0 aromatic rings. The highest BCUT2D eigenvalue weighted by Gasteiger charge is 2.46. The summed E-state index contributed by atoms with van der Waals surface area (Å²) in [7, 11) is 0. The van der Waals surface area contributed by atoms with Crippen LogP contribution in [0.3, 0.4) is 0 Å². The standard InChI is InChI=1S/C10H17NO2S/c1-7-5-8(7)11-10(9(12)13)3-2-4-14-6-10/h7-8,11H,2-6H2,1H3,(H,12,13). The Labute approximate surface area is 88.6 Å². The van der Waals surface area contributed by atoms with Crippen LogP contribution >= 0.6 is 11.8 Å². The lowest BCUT2D eigenvalue weighted by Gasteiger charge is -2.34. The Morgan fingerprint density at radius 1 is 1.64 bits per heavy atom. The fourth-order valence-corrected chi connectivity index (χ4v) is 3.21. The van der Waals surface area contributed by atoms with Crippen molar-refractivity contribution in [2.45, 2.75) is 37.8 Å². The molecule has 3 nitrogen and oxygen atoms in total. The molecule has 80 valence electrons. The predicted molar refractivity (Wildman–Crippen MR) is 57.6 cm³/mol. The van der Waals surface area contributed by atoms with Crippen LogP contribution in [0, 0.1) is 5.92 Å². The number of carboxylic acids is 1. The summed E-state index contributed by atoms with van der Waals surface area (Å²) in [6, 6.07) is 0.449. The van der Waals surface area contributed by atoms with E-state index >= 15 is 0 Å². The first kappa shape index (κ1) is 10.3. The first-order valence-electron chi connectivity index (χ1n) is 5.23. The summed E-state index contributed by atoms with van der Waals surface area (Å²) < 4.78 is 0. The molecule has 4 heteroatoms. The number of carbonyl (C=O) groups is 1. The van der Waals surface area contributed by atoms with E-state index in [2.05, 4.69) is 12.2 Å². The molecule has 0 radical (unpaired) electrons. The minimum absolute atomic E-state index is 0.449. The van der Waals surface area contributed by atoms with Crippen LogP contribution in [0.1, 0.15) is 26.2 Å². The van der Waals surface area contributed by atoms with Gasteiger partial charge in [-0.2, -0.15) is 11.8 Å². The number of aliphatic carboxylic acids is 1. The summed E-state index contributed by atoms with van der Waals surface area (Å²) in [5, 5.41) is 12.6. The third-order valence-corrected chi connectivity index (χ3v) is 4.50. The number of thioether (sulfide) groups is 1. The van der Waals surface area contributed by atoms with Crippen molar-refractivity contribution in [1.82, 2.24) is 5.32 Å². The molecular weight excluding hydrogens is 198 g/mol. The second-order valence-electron chi connectivity index (χ2n) is 4.51. The Kier molecular flexibility index (Phi) is 2.75. The van der Waals surface area contributed by atoms with Gasteiger partial charge in [0, 0.05) is 11.8 Å². The van der Waals surface area contributed by atoms with Gasteiger partial charge < -0.3 is 5.11 Å². The van der Waals surface area contributed by atoms with Crippen molar-refractivity contribution in [3.8, 4) is 0 Å². The molecule has 0 bridgehead atoms. The van der Waals surface area contributed by atoms with Gasteiger partial charge in [-0.05, 0) is 30.9 Å². The van der Waals surface area contributed by atoms with Crippen molar-refractivity contribution in [2.24, 2.45) is 5.92 Å². The molecule has 3 atom stereocenters. The monoisotopic (exact) mass is 215 g/mol. The van der Waals surface area contributed by atoms with Crippen LogP contribution in [0.15, 0.2) is 0 Å². The fraction of sp³-hybridized carbons (Fsp3) is 0.900. The molecule has 1 aliphatic carbocycles. The molecule has 0 aromatic heterocycles. The van der Waals surface area contributed by atoms with E-state index in [-0.39, 0.29) is 0 Å². The van der Waals surface area contributed by atoms with Crippen molar-refractivity contribution < 1.29 is 9.90 Å². The van der Waals surface area contributed by atoms with Crippen LogP contribution in [0.4, 0.5) is 0 Å². The summed E-state index contributed by atoms with van der Waals surface area (Å²) in [4.78, 5) is 11.3. The number of hydrogen-bond donors (Lipinski definition) is 2.